The van der Waals surface area contributed by atoms with Crippen LogP contribution < -0.4 is 4.18 Å². The van der Waals surface area contributed by atoms with Crippen molar-refractivity contribution in [3.05, 3.63) is 90.2 Å². The van der Waals surface area contributed by atoms with Gasteiger partial charge in [0.2, 0.25) is 0 Å². The van der Waals surface area contributed by atoms with Crippen molar-refractivity contribution in [2.45, 2.75) is 11.9 Å². The third-order valence-electron chi connectivity index (χ3n) is 4.38. The van der Waals surface area contributed by atoms with Crippen LogP contribution in [0.2, 0.25) is 0 Å². The first-order chi connectivity index (χ1) is 13.9. The number of rotatable bonds is 5. The van der Waals surface area contributed by atoms with Gasteiger partial charge in [0, 0.05) is 17.4 Å². The Balaban J connectivity index is 1.71. The average Bonchev–Trinajstić information content (AvgIpc) is 3.06. The van der Waals surface area contributed by atoms with Crippen LogP contribution in [0.3, 0.4) is 0 Å². The van der Waals surface area contributed by atoms with Crippen LogP contribution in [0.25, 0.3) is 22.1 Å². The summed E-state index contributed by atoms with van der Waals surface area (Å²) in [5.41, 5.74) is -1.48. The minimum absolute atomic E-state index is 0.123. The molecule has 0 radical (unpaired) electrons. The summed E-state index contributed by atoms with van der Waals surface area (Å²) in [6, 6.07) is 23.4. The van der Waals surface area contributed by atoms with Crippen LogP contribution in [0.15, 0.2) is 83.3 Å². The highest BCUT2D eigenvalue weighted by Gasteiger charge is 2.40. The van der Waals surface area contributed by atoms with E-state index in [1.54, 1.807) is 12.1 Å². The quantitative estimate of drug-likeness (QED) is 0.386. The Morgan fingerprint density at radius 2 is 1.52 bits per heavy atom. The van der Waals surface area contributed by atoms with E-state index in [0.717, 1.165) is 33.4 Å². The molecule has 0 amide bonds. The molecule has 7 heteroatoms. The summed E-state index contributed by atoms with van der Waals surface area (Å²) in [7, 11) is 0. The Bertz CT molecular complexity index is 1150. The van der Waals surface area contributed by atoms with E-state index in [4.69, 9.17) is 4.42 Å². The van der Waals surface area contributed by atoms with E-state index in [9.17, 15) is 17.4 Å². The molecule has 0 spiro atoms. The maximum Gasteiger partial charge on any atom is 0.508 e. The number of hydrogen-bond donors (Lipinski definition) is 0. The lowest BCUT2D eigenvalue weighted by Crippen LogP contribution is -2.20. The van der Waals surface area contributed by atoms with Gasteiger partial charge < -0.3 is 8.60 Å². The summed E-state index contributed by atoms with van der Waals surface area (Å²) in [6.07, 6.45) is 0.571. The second kappa shape index (κ2) is 7.75. The van der Waals surface area contributed by atoms with Gasteiger partial charge in [0.05, 0.1) is 0 Å². The fourth-order valence-electron chi connectivity index (χ4n) is 3.13. The largest absolute Gasteiger partial charge is 0.508 e. The molecule has 148 valence electrons. The van der Waals surface area contributed by atoms with Crippen molar-refractivity contribution in [3.63, 3.8) is 0 Å². The van der Waals surface area contributed by atoms with Gasteiger partial charge in [-0.3, -0.25) is 0 Å². The summed E-state index contributed by atoms with van der Waals surface area (Å²) in [6.45, 7) is 0. The monoisotopic (exact) mass is 416 g/mol. The van der Waals surface area contributed by atoms with Crippen LogP contribution in [-0.4, -0.2) is 9.72 Å². The number of halogens is 3. The lowest BCUT2D eigenvalue weighted by molar-refractivity contribution is -0.0437. The summed E-state index contributed by atoms with van der Waals surface area (Å²) < 4.78 is 59.0. The van der Waals surface area contributed by atoms with Crippen molar-refractivity contribution < 1.29 is 26.0 Å². The van der Waals surface area contributed by atoms with E-state index in [0.29, 0.717) is 6.42 Å². The van der Waals surface area contributed by atoms with Gasteiger partial charge in [-0.15, -0.1) is 0 Å². The molecule has 1 unspecified atom stereocenters. The van der Waals surface area contributed by atoms with Gasteiger partial charge in [-0.1, -0.05) is 60.7 Å². The Labute approximate surface area is 167 Å². The Hall–Kier alpha value is -3.06. The summed E-state index contributed by atoms with van der Waals surface area (Å²) in [5.74, 6) is 0.631. The van der Waals surface area contributed by atoms with Crippen LogP contribution in [0.5, 0.6) is 5.75 Å². The molecule has 0 saturated heterocycles. The zero-order valence-corrected chi connectivity index (χ0v) is 15.8. The maximum atomic E-state index is 12.4. The molecule has 0 saturated carbocycles. The zero-order valence-electron chi connectivity index (χ0n) is 15.0. The molecule has 1 aromatic heterocycles. The number of hydrogen-bond acceptors (Lipinski definition) is 3. The van der Waals surface area contributed by atoms with Crippen LogP contribution in [-0.2, 0) is 17.5 Å². The zero-order chi connectivity index (χ0) is 20.4. The minimum Gasteiger partial charge on any atom is -0.460 e. The molecule has 0 aliphatic heterocycles. The van der Waals surface area contributed by atoms with Gasteiger partial charge >= 0.3 is 16.6 Å². The SMILES string of the molecule is O=S(Oc1ccc(-c2c(Cc3ccccc3)oc3ccccc23)cc1)C(F)(F)F. The number of alkyl halides is 3. The topological polar surface area (TPSA) is 39.4 Å². The molecular formula is C22H15F3O3S. The van der Waals surface area contributed by atoms with E-state index in [1.165, 1.54) is 12.1 Å². The van der Waals surface area contributed by atoms with Gasteiger partial charge in [-0.05, 0) is 29.3 Å². The van der Waals surface area contributed by atoms with Crippen molar-refractivity contribution in [2.75, 3.05) is 0 Å². The smallest absolute Gasteiger partial charge is 0.460 e. The Kier molecular flexibility index (Phi) is 5.15. The van der Waals surface area contributed by atoms with E-state index in [-0.39, 0.29) is 5.75 Å². The van der Waals surface area contributed by atoms with Crippen molar-refractivity contribution in [1.29, 1.82) is 0 Å². The van der Waals surface area contributed by atoms with E-state index in [1.807, 2.05) is 54.6 Å². The van der Waals surface area contributed by atoms with Crippen molar-refractivity contribution in [3.8, 4) is 16.9 Å². The van der Waals surface area contributed by atoms with E-state index in [2.05, 4.69) is 4.18 Å². The molecular weight excluding hydrogens is 401 g/mol. The first-order valence-electron chi connectivity index (χ1n) is 8.73. The summed E-state index contributed by atoms with van der Waals surface area (Å²) >= 11 is -3.40. The third kappa shape index (κ3) is 4.19. The molecule has 4 aromatic rings. The minimum atomic E-state index is -4.93. The number of benzene rings is 3. The predicted molar refractivity (Wildman–Crippen MR) is 106 cm³/mol. The second-order valence-electron chi connectivity index (χ2n) is 6.35. The first-order valence-corrected chi connectivity index (χ1v) is 9.81. The van der Waals surface area contributed by atoms with Gasteiger partial charge in [0.1, 0.15) is 17.1 Å². The van der Waals surface area contributed by atoms with Crippen LogP contribution in [0, 0.1) is 0 Å². The van der Waals surface area contributed by atoms with Gasteiger partial charge in [-0.2, -0.15) is 13.2 Å². The highest BCUT2D eigenvalue weighted by Crippen LogP contribution is 2.37. The fraction of sp³-hybridized carbons (Fsp3) is 0.0909. The molecule has 1 atom stereocenters. The lowest BCUT2D eigenvalue weighted by atomic mass is 9.98. The molecule has 1 heterocycles. The predicted octanol–water partition coefficient (Wildman–Crippen LogP) is 6.25. The van der Waals surface area contributed by atoms with Crippen molar-refractivity contribution >= 4 is 22.0 Å². The number of para-hydroxylation sites is 1. The number of fused-ring (bicyclic) bond motifs is 1. The highest BCUT2D eigenvalue weighted by molar-refractivity contribution is 7.81. The molecule has 0 bridgehead atoms. The third-order valence-corrected chi connectivity index (χ3v) is 5.10. The van der Waals surface area contributed by atoms with E-state index < -0.39 is 16.6 Å². The Morgan fingerprint density at radius 1 is 0.862 bits per heavy atom. The molecule has 0 N–H and O–H groups in total. The molecule has 29 heavy (non-hydrogen) atoms. The highest BCUT2D eigenvalue weighted by atomic mass is 32.2. The van der Waals surface area contributed by atoms with Crippen LogP contribution >= 0.6 is 0 Å². The second-order valence-corrected chi connectivity index (χ2v) is 7.45. The molecule has 3 aromatic carbocycles. The summed E-state index contributed by atoms with van der Waals surface area (Å²) in [4.78, 5) is 0. The molecule has 0 aliphatic rings. The van der Waals surface area contributed by atoms with Gasteiger partial charge in [0.15, 0.2) is 0 Å². The normalized spacial score (nSPS) is 12.8. The van der Waals surface area contributed by atoms with Crippen molar-refractivity contribution in [2.24, 2.45) is 0 Å². The van der Waals surface area contributed by atoms with Gasteiger partial charge in [0.25, 0.3) is 0 Å². The fourth-order valence-corrected chi connectivity index (χ4v) is 3.51. The summed E-state index contributed by atoms with van der Waals surface area (Å²) in [5, 5.41) is 0.908. The van der Waals surface area contributed by atoms with E-state index >= 15 is 0 Å². The average molecular weight is 416 g/mol. The Morgan fingerprint density at radius 3 is 2.21 bits per heavy atom. The lowest BCUT2D eigenvalue weighted by Gasteiger charge is -2.08. The number of furan rings is 1. The molecule has 0 fully saturated rings. The molecule has 4 rings (SSSR count). The van der Waals surface area contributed by atoms with Crippen LogP contribution in [0.4, 0.5) is 13.2 Å². The van der Waals surface area contributed by atoms with Crippen molar-refractivity contribution in [1.82, 2.24) is 0 Å². The molecule has 3 nitrogen and oxygen atoms in total. The maximum absolute atomic E-state index is 12.4. The molecule has 0 aliphatic carbocycles. The van der Waals surface area contributed by atoms with Crippen LogP contribution in [0.1, 0.15) is 11.3 Å². The standard InChI is InChI=1S/C22H15F3O3S/c23-22(24,25)29(26)28-17-12-10-16(11-13-17)21-18-8-4-5-9-19(18)27-20(21)14-15-6-2-1-3-7-15/h1-13H,14H2. The first kappa shape index (κ1) is 19.3. The van der Waals surface area contributed by atoms with Gasteiger partial charge in [-0.25, -0.2) is 4.21 Å².